The van der Waals surface area contributed by atoms with Gasteiger partial charge in [-0.25, -0.2) is 4.98 Å². The van der Waals surface area contributed by atoms with E-state index >= 15 is 0 Å². The molecule has 0 fully saturated rings. The lowest BCUT2D eigenvalue weighted by atomic mass is 9.91. The Hall–Kier alpha value is -3.33. The van der Waals surface area contributed by atoms with Gasteiger partial charge >= 0.3 is 0 Å². The van der Waals surface area contributed by atoms with Gasteiger partial charge < -0.3 is 9.47 Å². The van der Waals surface area contributed by atoms with E-state index < -0.39 is 12.0 Å². The van der Waals surface area contributed by atoms with Gasteiger partial charge in [0.25, 0.3) is 0 Å². The molecule has 0 saturated carbocycles. The highest BCUT2D eigenvalue weighted by Gasteiger charge is 2.38. The van der Waals surface area contributed by atoms with Crippen LogP contribution >= 0.6 is 0 Å². The number of amides is 1. The number of carbonyl (C=O) groups excluding carboxylic acids is 1. The second-order valence-electron chi connectivity index (χ2n) is 6.32. The molecule has 1 N–H and O–H groups in total. The number of carbonyl (C=O) groups is 1. The topological polar surface area (TPSA) is 74.0 Å². The Morgan fingerprint density at radius 1 is 1.16 bits per heavy atom. The summed E-state index contributed by atoms with van der Waals surface area (Å²) in [6.45, 7) is 0. The molecule has 2 heterocycles. The van der Waals surface area contributed by atoms with E-state index in [1.165, 1.54) is 0 Å². The molecule has 0 unspecified atom stereocenters. The van der Waals surface area contributed by atoms with Crippen LogP contribution in [0.25, 0.3) is 11.0 Å². The fourth-order valence-corrected chi connectivity index (χ4v) is 3.34. The highest BCUT2D eigenvalue weighted by atomic mass is 16.2. The predicted octanol–water partition coefficient (Wildman–Crippen LogP) is 2.78. The summed E-state index contributed by atoms with van der Waals surface area (Å²) in [5.74, 6) is -0.637. The monoisotopic (exact) mass is 331 g/mol. The minimum absolute atomic E-state index is 0.313. The summed E-state index contributed by atoms with van der Waals surface area (Å²) in [7, 11) is 3.95. The molecule has 0 radical (unpaired) electrons. The number of benzene rings is 2. The normalized spacial score (nSPS) is 19.2. The maximum Gasteiger partial charge on any atom is 0.246 e. The van der Waals surface area contributed by atoms with Crippen LogP contribution in [-0.2, 0) is 4.79 Å². The number of hydrogen-bond donors (Lipinski definition) is 1. The quantitative estimate of drug-likeness (QED) is 0.783. The van der Waals surface area contributed by atoms with Crippen LogP contribution < -0.4 is 10.2 Å². The van der Waals surface area contributed by atoms with Crippen LogP contribution in [0.1, 0.15) is 11.6 Å². The van der Waals surface area contributed by atoms with Gasteiger partial charge in [0.1, 0.15) is 0 Å². The van der Waals surface area contributed by atoms with E-state index in [1.807, 2.05) is 72.1 Å². The van der Waals surface area contributed by atoms with Gasteiger partial charge in [-0.05, 0) is 29.8 Å². The second kappa shape index (κ2) is 5.64. The number of nitrogens with zero attached hydrogens (tertiary/aromatic N) is 4. The first-order valence-electron chi connectivity index (χ1n) is 8.05. The van der Waals surface area contributed by atoms with Crippen LogP contribution in [-0.4, -0.2) is 29.6 Å². The maximum absolute atomic E-state index is 12.4. The van der Waals surface area contributed by atoms with Crippen molar-refractivity contribution in [1.82, 2.24) is 9.55 Å². The van der Waals surface area contributed by atoms with E-state index in [0.717, 1.165) is 22.3 Å². The van der Waals surface area contributed by atoms with Gasteiger partial charge in [-0.2, -0.15) is 5.26 Å². The van der Waals surface area contributed by atoms with Crippen LogP contribution in [0.15, 0.2) is 48.5 Å². The first-order chi connectivity index (χ1) is 12.1. The molecule has 0 bridgehead atoms. The summed E-state index contributed by atoms with van der Waals surface area (Å²) in [4.78, 5) is 18.9. The number of nitriles is 1. The molecule has 6 heteroatoms. The first kappa shape index (κ1) is 15.2. The van der Waals surface area contributed by atoms with Crippen molar-refractivity contribution < 1.29 is 4.79 Å². The fraction of sp³-hybridized carbons (Fsp3) is 0.211. The summed E-state index contributed by atoms with van der Waals surface area (Å²) in [5.41, 5.74) is 3.68. The number of para-hydroxylation sites is 2. The molecule has 0 spiro atoms. The van der Waals surface area contributed by atoms with E-state index in [4.69, 9.17) is 0 Å². The SMILES string of the molecule is CN(C)c1ccc([C@@H]2[C@H](C#N)C(=O)Nc3nc4ccccc4n32)cc1. The number of hydrogen-bond acceptors (Lipinski definition) is 4. The molecule has 1 aromatic heterocycles. The van der Waals surface area contributed by atoms with Crippen LogP contribution in [0.2, 0.25) is 0 Å². The van der Waals surface area contributed by atoms with Crippen molar-refractivity contribution in [3.8, 4) is 6.07 Å². The van der Waals surface area contributed by atoms with Gasteiger partial charge in [0, 0.05) is 19.8 Å². The van der Waals surface area contributed by atoms with Gasteiger partial charge in [-0.15, -0.1) is 0 Å². The van der Waals surface area contributed by atoms with Crippen molar-refractivity contribution in [2.24, 2.45) is 5.92 Å². The third kappa shape index (κ3) is 2.32. The van der Waals surface area contributed by atoms with Gasteiger partial charge in [0.2, 0.25) is 11.9 Å². The van der Waals surface area contributed by atoms with Crippen molar-refractivity contribution in [3.05, 3.63) is 54.1 Å². The van der Waals surface area contributed by atoms with E-state index in [2.05, 4.69) is 16.4 Å². The van der Waals surface area contributed by atoms with E-state index in [-0.39, 0.29) is 5.91 Å². The summed E-state index contributed by atoms with van der Waals surface area (Å²) in [6.07, 6.45) is 0. The molecular weight excluding hydrogens is 314 g/mol. The molecule has 1 aliphatic heterocycles. The molecule has 1 amide bonds. The minimum Gasteiger partial charge on any atom is -0.378 e. The van der Waals surface area contributed by atoms with E-state index in [0.29, 0.717) is 5.95 Å². The van der Waals surface area contributed by atoms with Crippen LogP contribution in [0.3, 0.4) is 0 Å². The Morgan fingerprint density at radius 2 is 1.88 bits per heavy atom. The lowest BCUT2D eigenvalue weighted by Crippen LogP contribution is -2.37. The zero-order valence-corrected chi connectivity index (χ0v) is 14.0. The van der Waals surface area contributed by atoms with Crippen LogP contribution in [0, 0.1) is 17.2 Å². The Morgan fingerprint density at radius 3 is 2.56 bits per heavy atom. The lowest BCUT2D eigenvalue weighted by Gasteiger charge is -2.30. The smallest absolute Gasteiger partial charge is 0.246 e. The van der Waals surface area contributed by atoms with Gasteiger partial charge in [0.15, 0.2) is 5.92 Å². The lowest BCUT2D eigenvalue weighted by molar-refractivity contribution is -0.119. The van der Waals surface area contributed by atoms with E-state index in [1.54, 1.807) is 0 Å². The predicted molar refractivity (Wildman–Crippen MR) is 96.4 cm³/mol. The third-order valence-corrected chi connectivity index (χ3v) is 4.60. The second-order valence-corrected chi connectivity index (χ2v) is 6.32. The zero-order valence-electron chi connectivity index (χ0n) is 14.0. The van der Waals surface area contributed by atoms with Crippen molar-refractivity contribution in [2.75, 3.05) is 24.3 Å². The molecular formula is C19H17N5O. The molecule has 0 aliphatic carbocycles. The highest BCUT2D eigenvalue weighted by molar-refractivity contribution is 5.97. The fourth-order valence-electron chi connectivity index (χ4n) is 3.34. The summed E-state index contributed by atoms with van der Waals surface area (Å²) >= 11 is 0. The minimum atomic E-state index is -0.810. The molecule has 1 aliphatic rings. The standard InChI is InChI=1S/C19H17N5O/c1-23(2)13-9-7-12(8-10-13)17-14(11-20)18(25)22-19-21-15-5-3-4-6-16(15)24(17)19/h3-10,14,17H,1-2H3,(H,21,22,25)/t14-,17+/m0/s1. The summed E-state index contributed by atoms with van der Waals surface area (Å²) in [6, 6.07) is 17.4. The van der Waals surface area contributed by atoms with Gasteiger partial charge in [-0.1, -0.05) is 24.3 Å². The molecule has 2 aromatic carbocycles. The number of anilines is 2. The summed E-state index contributed by atoms with van der Waals surface area (Å²) < 4.78 is 1.95. The van der Waals surface area contributed by atoms with Crippen LogP contribution in [0.4, 0.5) is 11.6 Å². The van der Waals surface area contributed by atoms with E-state index in [9.17, 15) is 10.1 Å². The van der Waals surface area contributed by atoms with Gasteiger partial charge in [-0.3, -0.25) is 10.1 Å². The molecule has 6 nitrogen and oxygen atoms in total. The Labute approximate surface area is 145 Å². The number of imidazole rings is 1. The number of rotatable bonds is 2. The number of fused-ring (bicyclic) bond motifs is 3. The molecule has 0 saturated heterocycles. The molecule has 124 valence electrons. The largest absolute Gasteiger partial charge is 0.378 e. The molecule has 25 heavy (non-hydrogen) atoms. The van der Waals surface area contributed by atoms with Gasteiger partial charge in [0.05, 0.1) is 23.1 Å². The Bertz CT molecular complexity index is 997. The highest BCUT2D eigenvalue weighted by Crippen LogP contribution is 2.38. The third-order valence-electron chi connectivity index (χ3n) is 4.60. The average Bonchev–Trinajstić information content (AvgIpc) is 2.98. The molecule has 3 aromatic rings. The van der Waals surface area contributed by atoms with Crippen molar-refractivity contribution in [2.45, 2.75) is 6.04 Å². The molecule has 4 rings (SSSR count). The summed E-state index contributed by atoms with van der Waals surface area (Å²) in [5, 5.41) is 12.4. The maximum atomic E-state index is 12.4. The number of nitrogens with one attached hydrogen (secondary N) is 1. The van der Waals surface area contributed by atoms with Crippen LogP contribution in [0.5, 0.6) is 0 Å². The average molecular weight is 331 g/mol. The Balaban J connectivity index is 1.93. The van der Waals surface area contributed by atoms with Crippen molar-refractivity contribution in [3.63, 3.8) is 0 Å². The first-order valence-corrected chi connectivity index (χ1v) is 8.05. The number of aromatic nitrogens is 2. The zero-order chi connectivity index (χ0) is 17.6. The Kier molecular flexibility index (Phi) is 3.43. The van der Waals surface area contributed by atoms with Crippen molar-refractivity contribution >= 4 is 28.6 Å². The van der Waals surface area contributed by atoms with Crippen molar-refractivity contribution in [1.29, 1.82) is 5.26 Å². The molecule has 2 atom stereocenters.